The van der Waals surface area contributed by atoms with Gasteiger partial charge in [-0.2, -0.15) is 5.48 Å². The Morgan fingerprint density at radius 1 is 1.23 bits per heavy atom. The third-order valence-electron chi connectivity index (χ3n) is 2.66. The quantitative estimate of drug-likeness (QED) is 0.507. The number of para-hydroxylation sites is 3. The maximum absolute atomic E-state index is 10.6. The van der Waals surface area contributed by atoms with Crippen molar-refractivity contribution in [2.75, 3.05) is 7.05 Å². The molecule has 6 nitrogen and oxygen atoms in total. The van der Waals surface area contributed by atoms with E-state index in [9.17, 15) is 4.79 Å². The van der Waals surface area contributed by atoms with Crippen molar-refractivity contribution in [3.05, 3.63) is 58.9 Å². The van der Waals surface area contributed by atoms with Crippen molar-refractivity contribution in [1.82, 2.24) is 10.5 Å². The summed E-state index contributed by atoms with van der Waals surface area (Å²) in [6.45, 7) is 0. The summed E-state index contributed by atoms with van der Waals surface area (Å²) in [4.78, 5) is 18.8. The predicted octanol–water partition coefficient (Wildman–Crippen LogP) is 3.39. The summed E-state index contributed by atoms with van der Waals surface area (Å²) >= 11 is 4.79. The van der Waals surface area contributed by atoms with E-state index in [0.717, 1.165) is 11.1 Å². The minimum absolute atomic E-state index is 0.145. The molecule has 114 valence electrons. The van der Waals surface area contributed by atoms with Crippen LogP contribution in [0.25, 0.3) is 11.1 Å². The van der Waals surface area contributed by atoms with Gasteiger partial charge < -0.3 is 19.3 Å². The summed E-state index contributed by atoms with van der Waals surface area (Å²) in [6, 6.07) is 14.1. The molecule has 0 saturated heterocycles. The number of aromatic nitrogens is 1. The molecule has 22 heavy (non-hydrogen) atoms. The monoisotopic (exact) mass is 318 g/mol. The standard InChI is InChI=1S/C8H9NO3.C7H5NOS/c1-9-12-7-5-3-2-4-6(7)8(10)11;10-7-8-5-3-1-2-4-6(5)9-7/h2-5,9H,1H3,(H,10,11);1-4H,(H,8,10). The van der Waals surface area contributed by atoms with Crippen LogP contribution in [0.15, 0.2) is 52.9 Å². The van der Waals surface area contributed by atoms with E-state index >= 15 is 0 Å². The van der Waals surface area contributed by atoms with Crippen molar-refractivity contribution in [1.29, 1.82) is 0 Å². The van der Waals surface area contributed by atoms with Crippen molar-refractivity contribution in [3.63, 3.8) is 0 Å². The average molecular weight is 318 g/mol. The maximum Gasteiger partial charge on any atom is 0.339 e. The van der Waals surface area contributed by atoms with Gasteiger partial charge in [0, 0.05) is 7.05 Å². The Hall–Kier alpha value is -2.64. The lowest BCUT2D eigenvalue weighted by molar-refractivity contribution is 0.0689. The summed E-state index contributed by atoms with van der Waals surface area (Å²) in [5.74, 6) is -0.687. The number of carboxylic acids is 1. The van der Waals surface area contributed by atoms with Crippen molar-refractivity contribution < 1.29 is 19.2 Å². The SMILES string of the molecule is CNOc1ccccc1C(=O)O.S=c1[nH]c2ccccc2o1. The first-order valence-corrected chi connectivity index (χ1v) is 6.76. The minimum Gasteiger partial charge on any atom is -0.478 e. The third-order valence-corrected chi connectivity index (χ3v) is 2.84. The van der Waals surface area contributed by atoms with Crippen LogP contribution in [0.1, 0.15) is 10.4 Å². The van der Waals surface area contributed by atoms with Crippen LogP contribution >= 0.6 is 12.2 Å². The number of oxazole rings is 1. The van der Waals surface area contributed by atoms with Crippen LogP contribution < -0.4 is 10.3 Å². The van der Waals surface area contributed by atoms with Crippen LogP contribution in [-0.2, 0) is 0 Å². The molecule has 1 heterocycles. The molecule has 0 spiro atoms. The van der Waals surface area contributed by atoms with Crippen LogP contribution in [0.5, 0.6) is 5.75 Å². The third kappa shape index (κ3) is 3.94. The van der Waals surface area contributed by atoms with Crippen LogP contribution in [-0.4, -0.2) is 23.1 Å². The van der Waals surface area contributed by atoms with Crippen molar-refractivity contribution in [2.24, 2.45) is 0 Å². The first kappa shape index (κ1) is 15.7. The minimum atomic E-state index is -0.999. The highest BCUT2D eigenvalue weighted by molar-refractivity contribution is 7.71. The Labute approximate surface area is 131 Å². The Kier molecular flexibility index (Phi) is 5.29. The highest BCUT2D eigenvalue weighted by atomic mass is 32.1. The number of hydrogen-bond donors (Lipinski definition) is 3. The van der Waals surface area contributed by atoms with E-state index in [0.29, 0.717) is 10.6 Å². The number of aromatic amines is 1. The summed E-state index contributed by atoms with van der Waals surface area (Å²) in [5.41, 5.74) is 4.33. The zero-order valence-corrected chi connectivity index (χ0v) is 12.5. The van der Waals surface area contributed by atoms with Crippen molar-refractivity contribution >= 4 is 29.3 Å². The second kappa shape index (κ2) is 7.39. The number of rotatable bonds is 3. The van der Waals surface area contributed by atoms with Crippen LogP contribution in [0.4, 0.5) is 0 Å². The van der Waals surface area contributed by atoms with E-state index in [4.69, 9.17) is 26.6 Å². The van der Waals surface area contributed by atoms with Gasteiger partial charge in [0.1, 0.15) is 5.56 Å². The lowest BCUT2D eigenvalue weighted by Gasteiger charge is -2.04. The molecule has 0 unspecified atom stereocenters. The number of carbonyl (C=O) groups is 1. The van der Waals surface area contributed by atoms with E-state index in [1.54, 1.807) is 25.2 Å². The lowest BCUT2D eigenvalue weighted by atomic mass is 10.2. The van der Waals surface area contributed by atoms with E-state index in [1.165, 1.54) is 6.07 Å². The summed E-state index contributed by atoms with van der Waals surface area (Å²) in [7, 11) is 1.57. The molecule has 0 aliphatic heterocycles. The van der Waals surface area contributed by atoms with Gasteiger partial charge in [-0.05, 0) is 36.5 Å². The van der Waals surface area contributed by atoms with Gasteiger partial charge >= 0.3 is 5.97 Å². The van der Waals surface area contributed by atoms with Gasteiger partial charge in [0.2, 0.25) is 0 Å². The number of nitrogens with one attached hydrogen (secondary N) is 2. The highest BCUT2D eigenvalue weighted by Gasteiger charge is 2.09. The van der Waals surface area contributed by atoms with Gasteiger partial charge in [0.15, 0.2) is 11.3 Å². The molecule has 0 atom stereocenters. The molecule has 0 aliphatic carbocycles. The summed E-state index contributed by atoms with van der Waals surface area (Å²) in [6.07, 6.45) is 0. The average Bonchev–Trinajstić information content (AvgIpc) is 2.88. The molecule has 3 rings (SSSR count). The molecule has 0 bridgehead atoms. The number of hydrogen-bond acceptors (Lipinski definition) is 5. The Morgan fingerprint density at radius 3 is 2.59 bits per heavy atom. The molecule has 7 heteroatoms. The molecule has 0 fully saturated rings. The van der Waals surface area contributed by atoms with E-state index in [-0.39, 0.29) is 5.56 Å². The zero-order chi connectivity index (χ0) is 15.9. The smallest absolute Gasteiger partial charge is 0.339 e. The van der Waals surface area contributed by atoms with E-state index in [1.807, 2.05) is 24.3 Å². The van der Waals surface area contributed by atoms with Crippen molar-refractivity contribution in [2.45, 2.75) is 0 Å². The van der Waals surface area contributed by atoms with Crippen LogP contribution in [0, 0.1) is 4.84 Å². The second-order valence-electron chi connectivity index (χ2n) is 4.12. The number of hydroxylamine groups is 1. The molecular weight excluding hydrogens is 304 g/mol. The maximum atomic E-state index is 10.6. The predicted molar refractivity (Wildman–Crippen MR) is 84.5 cm³/mol. The highest BCUT2D eigenvalue weighted by Crippen LogP contribution is 2.16. The molecule has 1 aromatic heterocycles. The van der Waals surface area contributed by atoms with E-state index in [2.05, 4.69) is 10.5 Å². The van der Waals surface area contributed by atoms with Gasteiger partial charge in [-0.3, -0.25) is 0 Å². The number of fused-ring (bicyclic) bond motifs is 1. The lowest BCUT2D eigenvalue weighted by Crippen LogP contribution is -2.13. The molecule has 2 aromatic carbocycles. The number of benzene rings is 2. The Balaban J connectivity index is 0.000000162. The summed E-state index contributed by atoms with van der Waals surface area (Å²) < 4.78 is 5.13. The first-order chi connectivity index (χ1) is 10.6. The number of aromatic carboxylic acids is 1. The number of H-pyrrole nitrogens is 1. The molecule has 0 aliphatic rings. The molecule has 3 aromatic rings. The topological polar surface area (TPSA) is 87.5 Å². The van der Waals surface area contributed by atoms with Gasteiger partial charge in [-0.25, -0.2) is 4.79 Å². The zero-order valence-electron chi connectivity index (χ0n) is 11.7. The Morgan fingerprint density at radius 2 is 1.91 bits per heavy atom. The van der Waals surface area contributed by atoms with Gasteiger partial charge in [-0.15, -0.1) is 0 Å². The van der Waals surface area contributed by atoms with Crippen molar-refractivity contribution in [3.8, 4) is 5.75 Å². The summed E-state index contributed by atoms with van der Waals surface area (Å²) in [5, 5.41) is 8.68. The largest absolute Gasteiger partial charge is 0.478 e. The molecule has 0 amide bonds. The number of carboxylic acid groups (broad SMARTS) is 1. The fraction of sp³-hybridized carbons (Fsp3) is 0.0667. The normalized spacial score (nSPS) is 9.86. The van der Waals surface area contributed by atoms with E-state index < -0.39 is 5.97 Å². The van der Waals surface area contributed by atoms with Crippen LogP contribution in [0.2, 0.25) is 0 Å². The molecule has 0 radical (unpaired) electrons. The second-order valence-corrected chi connectivity index (χ2v) is 4.49. The van der Waals surface area contributed by atoms with Gasteiger partial charge in [0.05, 0.1) is 5.52 Å². The van der Waals surface area contributed by atoms with Gasteiger partial charge in [0.25, 0.3) is 4.84 Å². The molecule has 3 N–H and O–H groups in total. The Bertz CT molecular complexity index is 789. The fourth-order valence-electron chi connectivity index (χ4n) is 1.74. The first-order valence-electron chi connectivity index (χ1n) is 6.35. The fourth-order valence-corrected chi connectivity index (χ4v) is 1.94. The van der Waals surface area contributed by atoms with Crippen LogP contribution in [0.3, 0.4) is 0 Å². The molecular formula is C15H14N2O4S. The molecule has 0 saturated carbocycles. The van der Waals surface area contributed by atoms with Gasteiger partial charge in [-0.1, -0.05) is 24.3 Å².